The maximum atomic E-state index is 13.0. The smallest absolute Gasteiger partial charge is 0.416 e. The summed E-state index contributed by atoms with van der Waals surface area (Å²) in [5.74, 6) is 0.629. The van der Waals surface area contributed by atoms with Crippen molar-refractivity contribution in [3.8, 4) is 0 Å². The van der Waals surface area contributed by atoms with Crippen molar-refractivity contribution in [1.29, 1.82) is 0 Å². The van der Waals surface area contributed by atoms with Gasteiger partial charge in [-0.05, 0) is 75.3 Å². The number of methoxy groups -OCH3 is 1. The van der Waals surface area contributed by atoms with Gasteiger partial charge in [0.25, 0.3) is 5.91 Å². The van der Waals surface area contributed by atoms with Gasteiger partial charge in [0, 0.05) is 43.8 Å². The zero-order valence-electron chi connectivity index (χ0n) is 20.7. The molecule has 1 N–H and O–H groups in total. The number of piperidine rings is 1. The number of carbonyl (C=O) groups is 1. The third kappa shape index (κ3) is 5.92. The van der Waals surface area contributed by atoms with Crippen molar-refractivity contribution in [1.82, 2.24) is 10.2 Å². The first-order chi connectivity index (χ1) is 16.7. The molecule has 1 amide bonds. The Labute approximate surface area is 205 Å². The van der Waals surface area contributed by atoms with Crippen LogP contribution in [0.2, 0.25) is 0 Å². The van der Waals surface area contributed by atoms with Crippen LogP contribution in [0.3, 0.4) is 0 Å². The highest BCUT2D eigenvalue weighted by atomic mass is 19.4. The number of alkyl halides is 3. The van der Waals surface area contributed by atoms with E-state index in [1.165, 1.54) is 28.9 Å². The van der Waals surface area contributed by atoms with Crippen LogP contribution in [0.25, 0.3) is 0 Å². The number of allylic oxidation sites excluding steroid dienone is 3. The molecule has 8 heteroatoms. The van der Waals surface area contributed by atoms with Gasteiger partial charge < -0.3 is 14.8 Å². The first-order valence-electron chi connectivity index (χ1n) is 12.4. The summed E-state index contributed by atoms with van der Waals surface area (Å²) < 4.78 is 50.1. The molecule has 2 bridgehead atoms. The quantitative estimate of drug-likeness (QED) is 0.489. The molecule has 2 aliphatic heterocycles. The molecule has 2 atom stereocenters. The van der Waals surface area contributed by atoms with E-state index in [1.807, 2.05) is 0 Å². The second kappa shape index (κ2) is 10.7. The molecule has 2 unspecified atom stereocenters. The molecule has 3 aliphatic rings. The van der Waals surface area contributed by atoms with E-state index in [1.54, 1.807) is 7.11 Å². The molecule has 0 spiro atoms. The van der Waals surface area contributed by atoms with Gasteiger partial charge in [-0.25, -0.2) is 0 Å². The lowest BCUT2D eigenvalue weighted by Crippen LogP contribution is -2.51. The van der Waals surface area contributed by atoms with Crippen molar-refractivity contribution < 1.29 is 27.4 Å². The normalized spacial score (nSPS) is 25.3. The average Bonchev–Trinajstić information content (AvgIpc) is 3.05. The number of carbonyl (C=O) groups excluding carboxylic acids is 1. The topological polar surface area (TPSA) is 50.8 Å². The van der Waals surface area contributed by atoms with Crippen LogP contribution >= 0.6 is 0 Å². The van der Waals surface area contributed by atoms with E-state index < -0.39 is 17.6 Å². The predicted octanol–water partition coefficient (Wildman–Crippen LogP) is 5.48. The van der Waals surface area contributed by atoms with Gasteiger partial charge in [-0.1, -0.05) is 11.6 Å². The van der Waals surface area contributed by atoms with E-state index in [0.717, 1.165) is 63.0 Å². The second-order valence-corrected chi connectivity index (χ2v) is 9.90. The SMILES string of the molecule is COCCOC1=C(C)C(C)=C(CN2C3CCC2CC(NC(=O)c2cccc(C(F)(F)F)c2)C3)CC1. The number of rotatable bonds is 8. The Bertz CT molecular complexity index is 988. The fraction of sp³-hybridized carbons (Fsp3) is 0.593. The lowest BCUT2D eigenvalue weighted by Gasteiger charge is -2.40. The lowest BCUT2D eigenvalue weighted by molar-refractivity contribution is -0.137. The van der Waals surface area contributed by atoms with Crippen LogP contribution in [0, 0.1) is 0 Å². The molecule has 0 saturated carbocycles. The number of hydrogen-bond acceptors (Lipinski definition) is 4. The minimum Gasteiger partial charge on any atom is -0.495 e. The molecule has 192 valence electrons. The average molecular weight is 493 g/mol. The summed E-state index contributed by atoms with van der Waals surface area (Å²) in [7, 11) is 1.67. The molecular weight excluding hydrogens is 457 g/mol. The Morgan fingerprint density at radius 2 is 1.80 bits per heavy atom. The van der Waals surface area contributed by atoms with Crippen LogP contribution in [0.4, 0.5) is 13.2 Å². The van der Waals surface area contributed by atoms with Gasteiger partial charge in [0.1, 0.15) is 6.61 Å². The van der Waals surface area contributed by atoms with Crippen LogP contribution in [-0.4, -0.2) is 55.8 Å². The molecule has 0 aromatic heterocycles. The maximum absolute atomic E-state index is 13.0. The largest absolute Gasteiger partial charge is 0.495 e. The Morgan fingerprint density at radius 1 is 1.09 bits per heavy atom. The second-order valence-electron chi connectivity index (χ2n) is 9.90. The number of ether oxygens (including phenoxy) is 2. The zero-order chi connectivity index (χ0) is 25.2. The van der Waals surface area contributed by atoms with Crippen LogP contribution in [0.1, 0.15) is 68.3 Å². The van der Waals surface area contributed by atoms with E-state index >= 15 is 0 Å². The fourth-order valence-electron chi connectivity index (χ4n) is 5.72. The number of nitrogens with one attached hydrogen (secondary N) is 1. The van der Waals surface area contributed by atoms with Gasteiger partial charge in [0.2, 0.25) is 0 Å². The highest BCUT2D eigenvalue weighted by molar-refractivity contribution is 5.94. The Morgan fingerprint density at radius 3 is 2.46 bits per heavy atom. The number of nitrogens with zero attached hydrogens (tertiary/aromatic N) is 1. The highest BCUT2D eigenvalue weighted by Crippen LogP contribution is 2.39. The standard InChI is InChI=1S/C27H35F3N2O3/c1-17-18(2)25(35-12-11-34-3)10-7-20(17)16-32-23-8-9-24(32)15-22(14-23)31-26(33)19-5-4-6-21(13-19)27(28,29)30/h4-6,13,22-24H,7-12,14-16H2,1-3H3,(H,31,33). The number of fused-ring (bicyclic) bond motifs is 2. The number of hydrogen-bond donors (Lipinski definition) is 1. The molecule has 35 heavy (non-hydrogen) atoms. The molecule has 1 aliphatic carbocycles. The molecule has 2 fully saturated rings. The van der Waals surface area contributed by atoms with Gasteiger partial charge in [0.05, 0.1) is 17.9 Å². The van der Waals surface area contributed by atoms with Gasteiger partial charge in [-0.2, -0.15) is 13.2 Å². The van der Waals surface area contributed by atoms with Gasteiger partial charge in [0.15, 0.2) is 0 Å². The monoisotopic (exact) mass is 492 g/mol. The first-order valence-corrected chi connectivity index (χ1v) is 12.4. The van der Waals surface area contributed by atoms with Crippen molar-refractivity contribution in [3.05, 3.63) is 57.9 Å². The van der Waals surface area contributed by atoms with Crippen molar-refractivity contribution in [3.63, 3.8) is 0 Å². The van der Waals surface area contributed by atoms with Crippen molar-refractivity contribution >= 4 is 5.91 Å². The van der Waals surface area contributed by atoms with Crippen molar-refractivity contribution in [2.45, 2.75) is 76.7 Å². The molecule has 2 heterocycles. The summed E-state index contributed by atoms with van der Waals surface area (Å²) in [6.45, 7) is 6.37. The Kier molecular flexibility index (Phi) is 7.91. The van der Waals surface area contributed by atoms with E-state index in [0.29, 0.717) is 25.3 Å². The van der Waals surface area contributed by atoms with Crippen LogP contribution in [0.5, 0.6) is 0 Å². The zero-order valence-corrected chi connectivity index (χ0v) is 20.7. The molecule has 0 radical (unpaired) electrons. The van der Waals surface area contributed by atoms with Gasteiger partial charge >= 0.3 is 6.18 Å². The van der Waals surface area contributed by atoms with Crippen molar-refractivity contribution in [2.75, 3.05) is 26.9 Å². The number of amides is 1. The molecule has 1 aromatic rings. The number of benzene rings is 1. The lowest BCUT2D eigenvalue weighted by atomic mass is 9.89. The molecule has 4 rings (SSSR count). The van der Waals surface area contributed by atoms with Gasteiger partial charge in [-0.3, -0.25) is 9.69 Å². The summed E-state index contributed by atoms with van der Waals surface area (Å²) >= 11 is 0. The minimum atomic E-state index is -4.46. The van der Waals surface area contributed by atoms with Crippen LogP contribution in [0.15, 0.2) is 46.7 Å². The molecular formula is C27H35F3N2O3. The minimum absolute atomic E-state index is 0.0188. The molecule has 2 saturated heterocycles. The third-order valence-electron chi connectivity index (χ3n) is 7.77. The van der Waals surface area contributed by atoms with E-state index in [9.17, 15) is 18.0 Å². The summed E-state index contributed by atoms with van der Waals surface area (Å²) in [6.07, 6.45) is 1.26. The van der Waals surface area contributed by atoms with Gasteiger partial charge in [-0.15, -0.1) is 0 Å². The van der Waals surface area contributed by atoms with E-state index in [2.05, 4.69) is 24.1 Å². The summed E-state index contributed by atoms with van der Waals surface area (Å²) in [5, 5.41) is 3.01. The predicted molar refractivity (Wildman–Crippen MR) is 128 cm³/mol. The van der Waals surface area contributed by atoms with E-state index in [4.69, 9.17) is 9.47 Å². The Hall–Kier alpha value is -2.32. The summed E-state index contributed by atoms with van der Waals surface area (Å²) in [4.78, 5) is 15.3. The van der Waals surface area contributed by atoms with Crippen molar-refractivity contribution in [2.24, 2.45) is 0 Å². The Balaban J connectivity index is 1.37. The van der Waals surface area contributed by atoms with E-state index in [-0.39, 0.29) is 11.6 Å². The molecule has 1 aromatic carbocycles. The van der Waals surface area contributed by atoms with Crippen LogP contribution in [-0.2, 0) is 15.7 Å². The first kappa shape index (κ1) is 25.8. The third-order valence-corrected chi connectivity index (χ3v) is 7.77. The molecule has 5 nitrogen and oxygen atoms in total. The summed E-state index contributed by atoms with van der Waals surface area (Å²) in [6, 6.07) is 5.39. The summed E-state index contributed by atoms with van der Waals surface area (Å²) in [5.41, 5.74) is 3.24. The fourth-order valence-corrected chi connectivity index (χ4v) is 5.72. The van der Waals surface area contributed by atoms with Crippen LogP contribution < -0.4 is 5.32 Å². The maximum Gasteiger partial charge on any atom is 0.416 e. The highest BCUT2D eigenvalue weighted by Gasteiger charge is 2.41. The number of halogens is 3.